The van der Waals surface area contributed by atoms with Crippen molar-refractivity contribution in [1.82, 2.24) is 14.4 Å². The number of nitrogens with zero attached hydrogens (tertiary/aromatic N) is 3. The van der Waals surface area contributed by atoms with Gasteiger partial charge in [-0.3, -0.25) is 4.40 Å². The third-order valence-corrected chi connectivity index (χ3v) is 3.39. The second kappa shape index (κ2) is 5.09. The first-order valence-electron chi connectivity index (χ1n) is 6.84. The molecule has 0 radical (unpaired) electrons. The molecule has 0 amide bonds. The zero-order valence-electron chi connectivity index (χ0n) is 12.4. The minimum absolute atomic E-state index is 0.409. The van der Waals surface area contributed by atoms with E-state index in [9.17, 15) is 0 Å². The predicted molar refractivity (Wildman–Crippen MR) is 82.4 cm³/mol. The number of nitrogens with two attached hydrogens (primary N) is 1. The Hall–Kier alpha value is -2.56. The van der Waals surface area contributed by atoms with Gasteiger partial charge in [0.15, 0.2) is 0 Å². The number of aromatic nitrogens is 3. The smallest absolute Gasteiger partial charge is 0.234 e. The van der Waals surface area contributed by atoms with Gasteiger partial charge in [-0.1, -0.05) is 0 Å². The number of ether oxygens (including phenoxy) is 1. The summed E-state index contributed by atoms with van der Waals surface area (Å²) in [5.74, 6) is 1.53. The van der Waals surface area contributed by atoms with Crippen molar-refractivity contribution in [1.29, 1.82) is 0 Å². The first-order chi connectivity index (χ1) is 10.0. The topological polar surface area (TPSA) is 65.4 Å². The van der Waals surface area contributed by atoms with E-state index in [0.717, 1.165) is 34.1 Å². The summed E-state index contributed by atoms with van der Waals surface area (Å²) in [6.45, 7) is 6.39. The lowest BCUT2D eigenvalue weighted by molar-refractivity contribution is 0.300. The first-order valence-corrected chi connectivity index (χ1v) is 6.84. The highest BCUT2D eigenvalue weighted by molar-refractivity contribution is 5.47. The summed E-state index contributed by atoms with van der Waals surface area (Å²) in [7, 11) is 0. The summed E-state index contributed by atoms with van der Waals surface area (Å²) in [4.78, 5) is 8.92. The van der Waals surface area contributed by atoms with E-state index < -0.39 is 0 Å². The molecule has 2 aromatic heterocycles. The molecule has 0 atom stereocenters. The molecule has 0 spiro atoms. The van der Waals surface area contributed by atoms with Crippen LogP contribution in [-0.2, 0) is 6.61 Å². The molecule has 3 rings (SSSR count). The van der Waals surface area contributed by atoms with Gasteiger partial charge < -0.3 is 10.5 Å². The molecule has 5 heteroatoms. The second-order valence-electron chi connectivity index (χ2n) is 5.25. The monoisotopic (exact) mass is 282 g/mol. The largest absolute Gasteiger partial charge is 0.487 e. The van der Waals surface area contributed by atoms with Crippen LogP contribution >= 0.6 is 0 Å². The van der Waals surface area contributed by atoms with E-state index in [1.807, 2.05) is 55.6 Å². The molecular weight excluding hydrogens is 264 g/mol. The molecule has 0 bridgehead atoms. The summed E-state index contributed by atoms with van der Waals surface area (Å²) in [5, 5.41) is 0. The van der Waals surface area contributed by atoms with Gasteiger partial charge in [-0.25, -0.2) is 9.97 Å². The van der Waals surface area contributed by atoms with Gasteiger partial charge >= 0.3 is 0 Å². The van der Waals surface area contributed by atoms with Crippen LogP contribution in [0.1, 0.15) is 22.6 Å². The Kier molecular flexibility index (Phi) is 3.25. The third kappa shape index (κ3) is 2.67. The van der Waals surface area contributed by atoms with Crippen LogP contribution in [0.25, 0.3) is 5.78 Å². The highest BCUT2D eigenvalue weighted by Gasteiger charge is 2.07. The van der Waals surface area contributed by atoms with E-state index in [-0.39, 0.29) is 0 Å². The Balaban J connectivity index is 1.83. The molecule has 21 heavy (non-hydrogen) atoms. The zero-order chi connectivity index (χ0) is 15.0. The molecule has 0 saturated heterocycles. The number of aryl methyl sites for hydroxylation is 3. The lowest BCUT2D eigenvalue weighted by Gasteiger charge is -2.07. The Morgan fingerprint density at radius 2 is 1.95 bits per heavy atom. The summed E-state index contributed by atoms with van der Waals surface area (Å²) >= 11 is 0. The average Bonchev–Trinajstić information content (AvgIpc) is 2.81. The minimum atomic E-state index is 0.409. The van der Waals surface area contributed by atoms with Gasteiger partial charge in [0.05, 0.1) is 5.69 Å². The fourth-order valence-corrected chi connectivity index (χ4v) is 2.37. The van der Waals surface area contributed by atoms with Gasteiger partial charge in [0, 0.05) is 23.3 Å². The van der Waals surface area contributed by atoms with E-state index in [0.29, 0.717) is 12.4 Å². The number of rotatable bonds is 3. The van der Waals surface area contributed by atoms with Crippen LogP contribution in [0.3, 0.4) is 0 Å². The third-order valence-electron chi connectivity index (χ3n) is 3.39. The highest BCUT2D eigenvalue weighted by atomic mass is 16.5. The fourth-order valence-electron chi connectivity index (χ4n) is 2.37. The fraction of sp³-hybridized carbons (Fsp3) is 0.250. The number of hydrogen-bond donors (Lipinski definition) is 1. The predicted octanol–water partition coefficient (Wildman–Crippen LogP) is 2.82. The lowest BCUT2D eigenvalue weighted by Crippen LogP contribution is -1.98. The molecule has 1 aromatic carbocycles. The molecule has 0 aliphatic carbocycles. The highest BCUT2D eigenvalue weighted by Crippen LogP contribution is 2.21. The Bertz CT molecular complexity index is 807. The van der Waals surface area contributed by atoms with Crippen molar-refractivity contribution in [2.75, 3.05) is 5.73 Å². The van der Waals surface area contributed by atoms with Crippen LogP contribution in [0.2, 0.25) is 0 Å². The van der Waals surface area contributed by atoms with Crippen LogP contribution in [0.5, 0.6) is 5.75 Å². The first kappa shape index (κ1) is 13.4. The summed E-state index contributed by atoms with van der Waals surface area (Å²) in [6.07, 6.45) is 1.96. The van der Waals surface area contributed by atoms with Crippen molar-refractivity contribution in [2.24, 2.45) is 0 Å². The average molecular weight is 282 g/mol. The van der Waals surface area contributed by atoms with Crippen molar-refractivity contribution >= 4 is 11.5 Å². The van der Waals surface area contributed by atoms with E-state index in [2.05, 4.69) is 9.97 Å². The molecule has 5 nitrogen and oxygen atoms in total. The van der Waals surface area contributed by atoms with E-state index in [4.69, 9.17) is 10.5 Å². The lowest BCUT2D eigenvalue weighted by atomic mass is 10.2. The summed E-state index contributed by atoms with van der Waals surface area (Å²) in [6, 6.07) is 7.65. The number of fused-ring (bicyclic) bond motifs is 1. The number of hydrogen-bond acceptors (Lipinski definition) is 4. The van der Waals surface area contributed by atoms with E-state index in [1.165, 1.54) is 0 Å². The SMILES string of the molecule is Cc1cc(C)n2cc(COc3ccc(N)cc3C)nc2n1. The van der Waals surface area contributed by atoms with Crippen LogP contribution < -0.4 is 10.5 Å². The number of anilines is 1. The van der Waals surface area contributed by atoms with Gasteiger partial charge in [0.25, 0.3) is 0 Å². The molecule has 2 N–H and O–H groups in total. The number of imidazole rings is 1. The van der Waals surface area contributed by atoms with E-state index in [1.54, 1.807) is 0 Å². The maximum Gasteiger partial charge on any atom is 0.234 e. The van der Waals surface area contributed by atoms with Crippen molar-refractivity contribution in [2.45, 2.75) is 27.4 Å². The van der Waals surface area contributed by atoms with Crippen LogP contribution in [0.15, 0.2) is 30.5 Å². The van der Waals surface area contributed by atoms with Gasteiger partial charge in [-0.05, 0) is 50.6 Å². The van der Waals surface area contributed by atoms with E-state index >= 15 is 0 Å². The van der Waals surface area contributed by atoms with Crippen molar-refractivity contribution in [3.8, 4) is 5.75 Å². The van der Waals surface area contributed by atoms with Crippen LogP contribution in [0.4, 0.5) is 5.69 Å². The van der Waals surface area contributed by atoms with Crippen molar-refractivity contribution in [3.05, 3.63) is 53.1 Å². The molecule has 0 unspecified atom stereocenters. The Morgan fingerprint density at radius 3 is 2.71 bits per heavy atom. The van der Waals surface area contributed by atoms with Gasteiger partial charge in [-0.15, -0.1) is 0 Å². The van der Waals surface area contributed by atoms with Crippen LogP contribution in [-0.4, -0.2) is 14.4 Å². The molecular formula is C16H18N4O. The minimum Gasteiger partial charge on any atom is -0.487 e. The van der Waals surface area contributed by atoms with Crippen molar-refractivity contribution in [3.63, 3.8) is 0 Å². The molecule has 0 aliphatic heterocycles. The summed E-state index contributed by atoms with van der Waals surface area (Å²) < 4.78 is 7.79. The van der Waals surface area contributed by atoms with Crippen molar-refractivity contribution < 1.29 is 4.74 Å². The molecule has 2 heterocycles. The Morgan fingerprint density at radius 1 is 1.14 bits per heavy atom. The molecule has 0 fully saturated rings. The quantitative estimate of drug-likeness (QED) is 0.750. The second-order valence-corrected chi connectivity index (χ2v) is 5.25. The molecule has 3 aromatic rings. The number of benzene rings is 1. The molecule has 0 saturated carbocycles. The van der Waals surface area contributed by atoms with Gasteiger partial charge in [0.1, 0.15) is 12.4 Å². The standard InChI is InChI=1S/C16H18N4O/c1-10-6-13(17)4-5-15(10)21-9-14-8-20-12(3)7-11(2)18-16(20)19-14/h4-8H,9,17H2,1-3H3. The normalized spacial score (nSPS) is 11.0. The maximum absolute atomic E-state index is 5.82. The number of nitrogen functional groups attached to an aromatic ring is 1. The Labute approximate surface area is 123 Å². The van der Waals surface area contributed by atoms with Gasteiger partial charge in [-0.2, -0.15) is 0 Å². The van der Waals surface area contributed by atoms with Crippen LogP contribution in [0, 0.1) is 20.8 Å². The molecule has 0 aliphatic rings. The van der Waals surface area contributed by atoms with Gasteiger partial charge in [0.2, 0.25) is 5.78 Å². The summed E-state index contributed by atoms with van der Waals surface area (Å²) in [5.41, 5.74) is 10.4. The zero-order valence-corrected chi connectivity index (χ0v) is 12.4. The maximum atomic E-state index is 5.82. The molecule has 108 valence electrons.